The van der Waals surface area contributed by atoms with Crippen molar-refractivity contribution in [2.45, 2.75) is 19.8 Å². The monoisotopic (exact) mass is 279 g/mol. The smallest absolute Gasteiger partial charge is 0.161 e. The van der Waals surface area contributed by atoms with Crippen molar-refractivity contribution in [1.82, 2.24) is 9.97 Å². The molecule has 1 aromatic carbocycles. The van der Waals surface area contributed by atoms with Crippen LogP contribution in [0.4, 0.5) is 10.2 Å². The van der Waals surface area contributed by atoms with Crippen LogP contribution >= 0.6 is 11.6 Å². The Hall–Kier alpha value is -1.68. The van der Waals surface area contributed by atoms with E-state index >= 15 is 0 Å². The van der Waals surface area contributed by atoms with E-state index in [0.717, 1.165) is 24.4 Å². The first-order chi connectivity index (χ1) is 9.13. The van der Waals surface area contributed by atoms with Gasteiger partial charge in [-0.05, 0) is 24.6 Å². The van der Waals surface area contributed by atoms with Crippen LogP contribution in [0.25, 0.3) is 11.4 Å². The van der Waals surface area contributed by atoms with Gasteiger partial charge in [-0.25, -0.2) is 14.4 Å². The molecule has 0 amide bonds. The molecule has 19 heavy (non-hydrogen) atoms. The summed E-state index contributed by atoms with van der Waals surface area (Å²) in [6, 6.07) is 6.49. The van der Waals surface area contributed by atoms with Crippen molar-refractivity contribution in [1.29, 1.82) is 0 Å². The molecule has 1 N–H and O–H groups in total. The van der Waals surface area contributed by atoms with E-state index in [1.165, 1.54) is 12.1 Å². The Kier molecular flexibility index (Phi) is 4.32. The number of aromatic nitrogens is 2. The minimum absolute atomic E-state index is 0.0994. The third-order valence-corrected chi connectivity index (χ3v) is 3.03. The number of rotatable bonds is 4. The van der Waals surface area contributed by atoms with E-state index in [-0.39, 0.29) is 5.02 Å². The molecule has 0 saturated carbocycles. The second-order valence-corrected chi connectivity index (χ2v) is 4.60. The lowest BCUT2D eigenvalue weighted by molar-refractivity contribution is 0.628. The Bertz CT molecular complexity index is 587. The van der Waals surface area contributed by atoms with Gasteiger partial charge in [-0.3, -0.25) is 0 Å². The van der Waals surface area contributed by atoms with Crippen molar-refractivity contribution in [3.8, 4) is 11.4 Å². The zero-order chi connectivity index (χ0) is 13.8. The third kappa shape index (κ3) is 3.20. The van der Waals surface area contributed by atoms with Gasteiger partial charge < -0.3 is 5.32 Å². The summed E-state index contributed by atoms with van der Waals surface area (Å²) in [5.41, 5.74) is 1.56. The lowest BCUT2D eigenvalue weighted by Crippen LogP contribution is -2.01. The quantitative estimate of drug-likeness (QED) is 0.921. The zero-order valence-corrected chi connectivity index (χ0v) is 11.6. The maximum atomic E-state index is 13.5. The van der Waals surface area contributed by atoms with Crippen LogP contribution in [0.3, 0.4) is 0 Å². The lowest BCUT2D eigenvalue weighted by Gasteiger charge is -2.07. The standard InChI is InChI=1S/C14H15ClFN3/c1-3-4-10-8-13(17-2)19-14(18-10)9-5-6-11(15)12(16)7-9/h5-8H,3-4H2,1-2H3,(H,17,18,19). The van der Waals surface area contributed by atoms with E-state index in [1.807, 2.05) is 6.07 Å². The second-order valence-electron chi connectivity index (χ2n) is 4.20. The molecule has 0 spiro atoms. The number of nitrogens with one attached hydrogen (secondary N) is 1. The van der Waals surface area contributed by atoms with Gasteiger partial charge in [0.25, 0.3) is 0 Å². The Morgan fingerprint density at radius 3 is 2.68 bits per heavy atom. The van der Waals surface area contributed by atoms with Gasteiger partial charge in [0.05, 0.1) is 5.02 Å². The molecule has 2 aromatic rings. The van der Waals surface area contributed by atoms with Crippen molar-refractivity contribution >= 4 is 17.4 Å². The number of aryl methyl sites for hydroxylation is 1. The van der Waals surface area contributed by atoms with Crippen molar-refractivity contribution in [3.05, 3.63) is 40.8 Å². The molecule has 0 bridgehead atoms. The summed E-state index contributed by atoms with van der Waals surface area (Å²) in [5, 5.41) is 3.09. The highest BCUT2D eigenvalue weighted by atomic mass is 35.5. The topological polar surface area (TPSA) is 37.8 Å². The molecule has 0 unspecified atom stereocenters. The molecule has 0 radical (unpaired) electrons. The molecule has 100 valence electrons. The Morgan fingerprint density at radius 2 is 2.05 bits per heavy atom. The molecular formula is C14H15ClFN3. The summed E-state index contributed by atoms with van der Waals surface area (Å²) >= 11 is 5.68. The highest BCUT2D eigenvalue weighted by molar-refractivity contribution is 6.30. The third-order valence-electron chi connectivity index (χ3n) is 2.72. The largest absolute Gasteiger partial charge is 0.373 e. The van der Waals surface area contributed by atoms with Gasteiger partial charge in [0.1, 0.15) is 11.6 Å². The van der Waals surface area contributed by atoms with E-state index < -0.39 is 5.82 Å². The summed E-state index contributed by atoms with van der Waals surface area (Å²) in [6.07, 6.45) is 1.86. The van der Waals surface area contributed by atoms with Gasteiger partial charge >= 0.3 is 0 Å². The van der Waals surface area contributed by atoms with E-state index in [0.29, 0.717) is 11.4 Å². The van der Waals surface area contributed by atoms with Gasteiger partial charge in [0.2, 0.25) is 0 Å². The van der Waals surface area contributed by atoms with Gasteiger partial charge in [-0.1, -0.05) is 24.9 Å². The molecule has 0 aliphatic carbocycles. The summed E-state index contributed by atoms with van der Waals surface area (Å²) in [6.45, 7) is 2.09. The lowest BCUT2D eigenvalue weighted by atomic mass is 10.2. The van der Waals surface area contributed by atoms with Crippen LogP contribution in [0.1, 0.15) is 19.0 Å². The SMILES string of the molecule is CCCc1cc(NC)nc(-c2ccc(Cl)c(F)c2)n1. The summed E-state index contributed by atoms with van der Waals surface area (Å²) in [5.74, 6) is 0.768. The molecule has 3 nitrogen and oxygen atoms in total. The predicted octanol–water partition coefficient (Wildman–Crippen LogP) is 3.93. The van der Waals surface area contributed by atoms with Gasteiger partial charge in [-0.2, -0.15) is 0 Å². The van der Waals surface area contributed by atoms with Crippen LogP contribution in [0.2, 0.25) is 5.02 Å². The molecule has 0 aliphatic heterocycles. The number of hydrogen-bond acceptors (Lipinski definition) is 3. The zero-order valence-electron chi connectivity index (χ0n) is 10.9. The van der Waals surface area contributed by atoms with Crippen LogP contribution in [-0.4, -0.2) is 17.0 Å². The second kappa shape index (κ2) is 5.97. The maximum Gasteiger partial charge on any atom is 0.161 e. The van der Waals surface area contributed by atoms with Crippen LogP contribution in [-0.2, 0) is 6.42 Å². The van der Waals surface area contributed by atoms with Crippen molar-refractivity contribution in [3.63, 3.8) is 0 Å². The number of benzene rings is 1. The normalized spacial score (nSPS) is 10.5. The van der Waals surface area contributed by atoms with Gasteiger partial charge in [-0.15, -0.1) is 0 Å². The maximum absolute atomic E-state index is 13.5. The average Bonchev–Trinajstić information content (AvgIpc) is 2.42. The highest BCUT2D eigenvalue weighted by Gasteiger charge is 2.08. The first kappa shape index (κ1) is 13.7. The summed E-state index contributed by atoms with van der Waals surface area (Å²) in [4.78, 5) is 8.79. The average molecular weight is 280 g/mol. The molecule has 0 saturated heterocycles. The number of anilines is 1. The molecule has 0 fully saturated rings. The summed E-state index contributed by atoms with van der Waals surface area (Å²) in [7, 11) is 1.80. The van der Waals surface area contributed by atoms with E-state index in [1.54, 1.807) is 13.1 Å². The Balaban J connectivity index is 2.47. The van der Waals surface area contributed by atoms with E-state index in [4.69, 9.17) is 11.6 Å². The Labute approximate surface area is 116 Å². The van der Waals surface area contributed by atoms with Crippen molar-refractivity contribution in [2.24, 2.45) is 0 Å². The molecular weight excluding hydrogens is 265 g/mol. The fourth-order valence-corrected chi connectivity index (χ4v) is 1.89. The minimum Gasteiger partial charge on any atom is -0.373 e. The minimum atomic E-state index is -0.463. The van der Waals surface area contributed by atoms with Crippen LogP contribution in [0.5, 0.6) is 0 Å². The van der Waals surface area contributed by atoms with Crippen LogP contribution in [0.15, 0.2) is 24.3 Å². The molecule has 0 atom stereocenters. The molecule has 2 rings (SSSR count). The fraction of sp³-hybridized carbons (Fsp3) is 0.286. The highest BCUT2D eigenvalue weighted by Crippen LogP contribution is 2.23. The molecule has 1 aromatic heterocycles. The van der Waals surface area contributed by atoms with E-state index in [2.05, 4.69) is 22.2 Å². The molecule has 0 aliphatic rings. The first-order valence-electron chi connectivity index (χ1n) is 6.15. The predicted molar refractivity (Wildman–Crippen MR) is 76.0 cm³/mol. The fourth-order valence-electron chi connectivity index (χ4n) is 1.77. The summed E-state index contributed by atoms with van der Waals surface area (Å²) < 4.78 is 13.5. The van der Waals surface area contributed by atoms with Crippen LogP contribution < -0.4 is 5.32 Å². The molecule has 1 heterocycles. The van der Waals surface area contributed by atoms with Crippen molar-refractivity contribution < 1.29 is 4.39 Å². The van der Waals surface area contributed by atoms with Crippen molar-refractivity contribution in [2.75, 3.05) is 12.4 Å². The number of halogens is 2. The number of hydrogen-bond donors (Lipinski definition) is 1. The first-order valence-corrected chi connectivity index (χ1v) is 6.53. The van der Waals surface area contributed by atoms with E-state index in [9.17, 15) is 4.39 Å². The Morgan fingerprint density at radius 1 is 1.26 bits per heavy atom. The number of nitrogens with zero attached hydrogens (tertiary/aromatic N) is 2. The van der Waals surface area contributed by atoms with Crippen LogP contribution in [0, 0.1) is 5.82 Å². The molecule has 5 heteroatoms. The van der Waals surface area contributed by atoms with Gasteiger partial charge in [0.15, 0.2) is 5.82 Å². The van der Waals surface area contributed by atoms with Gasteiger partial charge in [0, 0.05) is 24.4 Å².